The van der Waals surface area contributed by atoms with Crippen molar-refractivity contribution in [2.45, 2.75) is 19.9 Å². The molecule has 2 N–H and O–H groups in total. The molecule has 0 fully saturated rings. The average Bonchev–Trinajstić information content (AvgIpc) is 2.42. The standard InChI is InChI=1S/C14H14FN3O3/c1-8-5-13(11(15)7-12(8)18(19)20)21-14-6-10(9(2)16)3-4-17-14/h3-7,9H,16H2,1-2H3/t9-/m1/s1. The molecule has 0 saturated carbocycles. The number of aromatic nitrogens is 1. The molecule has 0 aliphatic heterocycles. The molecule has 1 aromatic heterocycles. The Kier molecular flexibility index (Phi) is 4.13. The average molecular weight is 291 g/mol. The summed E-state index contributed by atoms with van der Waals surface area (Å²) in [6, 6.07) is 5.22. The highest BCUT2D eigenvalue weighted by molar-refractivity contribution is 5.46. The Morgan fingerprint density at radius 3 is 2.76 bits per heavy atom. The molecule has 0 aliphatic carbocycles. The minimum Gasteiger partial charge on any atom is -0.436 e. The van der Waals surface area contributed by atoms with Gasteiger partial charge in [0.05, 0.1) is 11.0 Å². The Balaban J connectivity index is 2.34. The molecule has 1 heterocycles. The number of rotatable bonds is 4. The monoisotopic (exact) mass is 291 g/mol. The van der Waals surface area contributed by atoms with Crippen molar-refractivity contribution in [3.8, 4) is 11.6 Å². The van der Waals surface area contributed by atoms with Crippen molar-refractivity contribution in [1.82, 2.24) is 4.98 Å². The van der Waals surface area contributed by atoms with Crippen molar-refractivity contribution in [3.05, 3.63) is 57.5 Å². The third-order valence-electron chi connectivity index (χ3n) is 2.95. The molecule has 0 bridgehead atoms. The Morgan fingerprint density at radius 2 is 2.14 bits per heavy atom. The molecule has 7 heteroatoms. The fourth-order valence-corrected chi connectivity index (χ4v) is 1.80. The fourth-order valence-electron chi connectivity index (χ4n) is 1.80. The molecule has 0 aliphatic rings. The van der Waals surface area contributed by atoms with E-state index in [1.54, 1.807) is 19.1 Å². The van der Waals surface area contributed by atoms with Crippen LogP contribution < -0.4 is 10.5 Å². The minimum absolute atomic E-state index is 0.118. The van der Waals surface area contributed by atoms with Crippen LogP contribution in [0.3, 0.4) is 0 Å². The molecule has 6 nitrogen and oxygen atoms in total. The summed E-state index contributed by atoms with van der Waals surface area (Å²) in [5, 5.41) is 10.7. The second-order valence-corrected chi connectivity index (χ2v) is 4.64. The zero-order valence-electron chi connectivity index (χ0n) is 11.5. The number of benzene rings is 1. The van der Waals surface area contributed by atoms with Gasteiger partial charge in [-0.3, -0.25) is 10.1 Å². The van der Waals surface area contributed by atoms with Gasteiger partial charge in [-0.05, 0) is 31.5 Å². The van der Waals surface area contributed by atoms with E-state index in [0.29, 0.717) is 5.56 Å². The third kappa shape index (κ3) is 3.32. The largest absolute Gasteiger partial charge is 0.436 e. The topological polar surface area (TPSA) is 91.3 Å². The zero-order valence-corrected chi connectivity index (χ0v) is 11.5. The second kappa shape index (κ2) is 5.84. The zero-order chi connectivity index (χ0) is 15.6. The maximum atomic E-state index is 13.9. The maximum absolute atomic E-state index is 13.9. The van der Waals surface area contributed by atoms with Gasteiger partial charge in [-0.25, -0.2) is 9.37 Å². The van der Waals surface area contributed by atoms with E-state index < -0.39 is 10.7 Å². The van der Waals surface area contributed by atoms with Crippen LogP contribution in [-0.2, 0) is 0 Å². The van der Waals surface area contributed by atoms with Gasteiger partial charge in [-0.15, -0.1) is 0 Å². The van der Waals surface area contributed by atoms with Gasteiger partial charge < -0.3 is 10.5 Å². The predicted molar refractivity (Wildman–Crippen MR) is 74.7 cm³/mol. The van der Waals surface area contributed by atoms with E-state index in [2.05, 4.69) is 4.98 Å². The maximum Gasteiger partial charge on any atom is 0.275 e. The molecule has 0 spiro atoms. The van der Waals surface area contributed by atoms with Crippen LogP contribution in [0.1, 0.15) is 24.1 Å². The van der Waals surface area contributed by atoms with Crippen LogP contribution in [0.25, 0.3) is 0 Å². The van der Waals surface area contributed by atoms with E-state index in [0.717, 1.165) is 11.6 Å². The number of nitrogens with two attached hydrogens (primary N) is 1. The number of hydrogen-bond donors (Lipinski definition) is 1. The third-order valence-corrected chi connectivity index (χ3v) is 2.95. The van der Waals surface area contributed by atoms with Crippen molar-refractivity contribution >= 4 is 5.69 Å². The van der Waals surface area contributed by atoms with Gasteiger partial charge in [-0.1, -0.05) is 0 Å². The van der Waals surface area contributed by atoms with Crippen LogP contribution in [0, 0.1) is 22.9 Å². The highest BCUT2D eigenvalue weighted by atomic mass is 19.1. The van der Waals surface area contributed by atoms with Crippen molar-refractivity contribution in [2.75, 3.05) is 0 Å². The molecule has 21 heavy (non-hydrogen) atoms. The Morgan fingerprint density at radius 1 is 1.43 bits per heavy atom. The highest BCUT2D eigenvalue weighted by Gasteiger charge is 2.17. The number of hydrogen-bond acceptors (Lipinski definition) is 5. The lowest BCUT2D eigenvalue weighted by atomic mass is 10.1. The molecule has 0 saturated heterocycles. The first kappa shape index (κ1) is 14.9. The number of nitro groups is 1. The summed E-state index contributed by atoms with van der Waals surface area (Å²) in [5.74, 6) is -0.760. The minimum atomic E-state index is -0.819. The summed E-state index contributed by atoms with van der Waals surface area (Å²) in [4.78, 5) is 14.1. The molecule has 110 valence electrons. The summed E-state index contributed by atoms with van der Waals surface area (Å²) in [7, 11) is 0. The summed E-state index contributed by atoms with van der Waals surface area (Å²) in [6.07, 6.45) is 1.50. The number of halogens is 1. The van der Waals surface area contributed by atoms with Gasteiger partial charge in [-0.2, -0.15) is 0 Å². The molecular weight excluding hydrogens is 277 g/mol. The lowest BCUT2D eigenvalue weighted by Crippen LogP contribution is -2.05. The number of nitrogens with zero attached hydrogens (tertiary/aromatic N) is 2. The smallest absolute Gasteiger partial charge is 0.275 e. The molecule has 1 atom stereocenters. The normalized spacial score (nSPS) is 12.0. The van der Waals surface area contributed by atoms with E-state index in [1.807, 2.05) is 0 Å². The molecule has 0 amide bonds. The van der Waals surface area contributed by atoms with E-state index in [-0.39, 0.29) is 23.4 Å². The number of nitro benzene ring substituents is 1. The van der Waals surface area contributed by atoms with Crippen molar-refractivity contribution in [1.29, 1.82) is 0 Å². The van der Waals surface area contributed by atoms with Crippen LogP contribution in [-0.4, -0.2) is 9.91 Å². The quantitative estimate of drug-likeness (QED) is 0.689. The molecule has 1 aromatic carbocycles. The molecule has 0 radical (unpaired) electrons. The molecule has 2 aromatic rings. The SMILES string of the molecule is Cc1cc(Oc2cc([C@@H](C)N)ccn2)c(F)cc1[N+](=O)[O-]. The first-order chi connectivity index (χ1) is 9.88. The summed E-state index contributed by atoms with van der Waals surface area (Å²) in [6.45, 7) is 3.31. The van der Waals surface area contributed by atoms with Gasteiger partial charge >= 0.3 is 0 Å². The first-order valence-corrected chi connectivity index (χ1v) is 6.22. The number of ether oxygens (including phenoxy) is 1. The number of aryl methyl sites for hydroxylation is 1. The Hall–Kier alpha value is -2.54. The summed E-state index contributed by atoms with van der Waals surface area (Å²) in [5.41, 5.74) is 6.55. The first-order valence-electron chi connectivity index (χ1n) is 6.22. The van der Waals surface area contributed by atoms with Crippen LogP contribution in [0.15, 0.2) is 30.5 Å². The lowest BCUT2D eigenvalue weighted by Gasteiger charge is -2.10. The van der Waals surface area contributed by atoms with E-state index >= 15 is 0 Å². The highest BCUT2D eigenvalue weighted by Crippen LogP contribution is 2.30. The van der Waals surface area contributed by atoms with Crippen LogP contribution in [0.2, 0.25) is 0 Å². The van der Waals surface area contributed by atoms with Crippen LogP contribution >= 0.6 is 0 Å². The van der Waals surface area contributed by atoms with Crippen molar-refractivity contribution < 1.29 is 14.1 Å². The van der Waals surface area contributed by atoms with Crippen molar-refractivity contribution in [3.63, 3.8) is 0 Å². The van der Waals surface area contributed by atoms with E-state index in [9.17, 15) is 14.5 Å². The van der Waals surface area contributed by atoms with Crippen LogP contribution in [0.5, 0.6) is 11.6 Å². The van der Waals surface area contributed by atoms with Gasteiger partial charge in [0.1, 0.15) is 0 Å². The second-order valence-electron chi connectivity index (χ2n) is 4.64. The van der Waals surface area contributed by atoms with Gasteiger partial charge in [0.2, 0.25) is 5.88 Å². The lowest BCUT2D eigenvalue weighted by molar-refractivity contribution is -0.385. The van der Waals surface area contributed by atoms with Gasteiger partial charge in [0, 0.05) is 23.9 Å². The van der Waals surface area contributed by atoms with E-state index in [1.165, 1.54) is 19.2 Å². The van der Waals surface area contributed by atoms with Crippen molar-refractivity contribution in [2.24, 2.45) is 5.73 Å². The van der Waals surface area contributed by atoms with Gasteiger partial charge in [0.25, 0.3) is 5.69 Å². The summed E-state index contributed by atoms with van der Waals surface area (Å²) < 4.78 is 19.2. The predicted octanol–water partition coefficient (Wildman–Crippen LogP) is 3.25. The van der Waals surface area contributed by atoms with E-state index in [4.69, 9.17) is 10.5 Å². The Labute approximate surface area is 120 Å². The molecule has 0 unspecified atom stereocenters. The number of pyridine rings is 1. The fraction of sp³-hybridized carbons (Fsp3) is 0.214. The summed E-state index contributed by atoms with van der Waals surface area (Å²) >= 11 is 0. The Bertz CT molecular complexity index is 689. The molecule has 2 rings (SSSR count). The van der Waals surface area contributed by atoms with Gasteiger partial charge in [0.15, 0.2) is 11.6 Å². The molecular formula is C14H14FN3O3. The van der Waals surface area contributed by atoms with Crippen LogP contribution in [0.4, 0.5) is 10.1 Å².